The molecule has 1 amide bonds. The molecule has 0 atom stereocenters. The summed E-state index contributed by atoms with van der Waals surface area (Å²) in [6.45, 7) is 0.961. The highest BCUT2D eigenvalue weighted by Gasteiger charge is 2.33. The van der Waals surface area contributed by atoms with Crippen LogP contribution in [0.2, 0.25) is 0 Å². The minimum atomic E-state index is 0.234. The highest BCUT2D eigenvalue weighted by molar-refractivity contribution is 5.94. The van der Waals surface area contributed by atoms with Crippen molar-refractivity contribution in [1.82, 2.24) is 4.90 Å². The number of carbonyl (C=O) groups is 1. The van der Waals surface area contributed by atoms with Crippen molar-refractivity contribution < 1.29 is 4.79 Å². The number of hydrogen-bond acceptors (Lipinski definition) is 1. The van der Waals surface area contributed by atoms with E-state index in [1.165, 1.54) is 32.1 Å². The zero-order valence-electron chi connectivity index (χ0n) is 10.1. The SMILES string of the molecule is O=C(c1ccccc1)N1CCC2CCC1CC2. The molecule has 2 heteroatoms. The molecular formula is C15H19NO. The van der Waals surface area contributed by atoms with Crippen LogP contribution in [0.15, 0.2) is 30.3 Å². The molecule has 0 radical (unpaired) electrons. The summed E-state index contributed by atoms with van der Waals surface area (Å²) >= 11 is 0. The predicted molar refractivity (Wildman–Crippen MR) is 67.8 cm³/mol. The van der Waals surface area contributed by atoms with Crippen LogP contribution in [0.4, 0.5) is 0 Å². The largest absolute Gasteiger partial charge is 0.336 e. The molecule has 2 bridgehead atoms. The maximum Gasteiger partial charge on any atom is 0.254 e. The maximum atomic E-state index is 12.5. The maximum absolute atomic E-state index is 12.5. The lowest BCUT2D eigenvalue weighted by Crippen LogP contribution is -2.39. The topological polar surface area (TPSA) is 20.3 Å². The van der Waals surface area contributed by atoms with Gasteiger partial charge in [0.25, 0.3) is 5.91 Å². The van der Waals surface area contributed by atoms with Gasteiger partial charge in [-0.05, 0) is 50.2 Å². The van der Waals surface area contributed by atoms with E-state index in [4.69, 9.17) is 0 Å². The van der Waals surface area contributed by atoms with Gasteiger partial charge in [-0.15, -0.1) is 0 Å². The third-order valence-electron chi connectivity index (χ3n) is 4.32. The van der Waals surface area contributed by atoms with E-state index in [0.717, 1.165) is 18.0 Å². The first-order valence-corrected chi connectivity index (χ1v) is 6.70. The normalized spacial score (nSPS) is 27.9. The number of benzene rings is 1. The minimum absolute atomic E-state index is 0.234. The molecular weight excluding hydrogens is 210 g/mol. The van der Waals surface area contributed by atoms with Crippen LogP contribution in [0.1, 0.15) is 42.5 Å². The molecule has 3 aliphatic rings. The van der Waals surface area contributed by atoms with Crippen molar-refractivity contribution in [3.63, 3.8) is 0 Å². The number of hydrogen-bond donors (Lipinski definition) is 0. The lowest BCUT2D eigenvalue weighted by Gasteiger charge is -2.31. The second-order valence-corrected chi connectivity index (χ2v) is 5.33. The van der Waals surface area contributed by atoms with E-state index >= 15 is 0 Å². The van der Waals surface area contributed by atoms with Gasteiger partial charge in [0.15, 0.2) is 0 Å². The Morgan fingerprint density at radius 3 is 2.41 bits per heavy atom. The molecule has 1 aromatic rings. The summed E-state index contributed by atoms with van der Waals surface area (Å²) < 4.78 is 0. The summed E-state index contributed by atoms with van der Waals surface area (Å²) in [7, 11) is 0. The summed E-state index contributed by atoms with van der Waals surface area (Å²) in [5, 5.41) is 0. The molecule has 4 rings (SSSR count). The number of nitrogens with zero attached hydrogens (tertiary/aromatic N) is 1. The van der Waals surface area contributed by atoms with Crippen molar-refractivity contribution in [2.45, 2.75) is 38.1 Å². The van der Waals surface area contributed by atoms with E-state index in [9.17, 15) is 4.79 Å². The molecule has 2 aliphatic heterocycles. The summed E-state index contributed by atoms with van der Waals surface area (Å²) in [5.41, 5.74) is 0.845. The molecule has 1 saturated carbocycles. The summed E-state index contributed by atoms with van der Waals surface area (Å²) in [4.78, 5) is 14.6. The molecule has 90 valence electrons. The van der Waals surface area contributed by atoms with Crippen LogP contribution in [0.3, 0.4) is 0 Å². The Bertz CT molecular complexity index is 393. The van der Waals surface area contributed by atoms with Crippen LogP contribution in [-0.2, 0) is 0 Å². The van der Waals surface area contributed by atoms with Gasteiger partial charge in [0, 0.05) is 18.2 Å². The van der Waals surface area contributed by atoms with E-state index < -0.39 is 0 Å². The average Bonchev–Trinajstić information content (AvgIpc) is 2.72. The lowest BCUT2D eigenvalue weighted by molar-refractivity contribution is 0.0676. The molecule has 1 aromatic carbocycles. The van der Waals surface area contributed by atoms with Crippen LogP contribution >= 0.6 is 0 Å². The second kappa shape index (κ2) is 4.52. The Balaban J connectivity index is 1.81. The van der Waals surface area contributed by atoms with E-state index in [1.807, 2.05) is 30.3 Å². The first-order chi connectivity index (χ1) is 8.34. The van der Waals surface area contributed by atoms with Crippen molar-refractivity contribution in [1.29, 1.82) is 0 Å². The van der Waals surface area contributed by atoms with Crippen molar-refractivity contribution in [2.75, 3.05) is 6.54 Å². The van der Waals surface area contributed by atoms with Crippen LogP contribution in [-0.4, -0.2) is 23.4 Å². The van der Waals surface area contributed by atoms with Crippen LogP contribution < -0.4 is 0 Å². The number of fused-ring (bicyclic) bond motifs is 4. The minimum Gasteiger partial charge on any atom is -0.336 e. The molecule has 0 spiro atoms. The van der Waals surface area contributed by atoms with Gasteiger partial charge in [0.1, 0.15) is 0 Å². The average molecular weight is 229 g/mol. The van der Waals surface area contributed by atoms with Gasteiger partial charge in [-0.2, -0.15) is 0 Å². The summed E-state index contributed by atoms with van der Waals surface area (Å²) in [5.74, 6) is 1.11. The summed E-state index contributed by atoms with van der Waals surface area (Å²) in [6, 6.07) is 10.2. The highest BCUT2D eigenvalue weighted by atomic mass is 16.2. The molecule has 0 N–H and O–H groups in total. The first kappa shape index (κ1) is 10.8. The van der Waals surface area contributed by atoms with E-state index in [1.54, 1.807) is 0 Å². The fourth-order valence-electron chi connectivity index (χ4n) is 3.26. The number of amides is 1. The smallest absolute Gasteiger partial charge is 0.254 e. The van der Waals surface area contributed by atoms with Gasteiger partial charge in [0.2, 0.25) is 0 Å². The van der Waals surface area contributed by atoms with E-state index in [2.05, 4.69) is 4.90 Å². The molecule has 1 aliphatic carbocycles. The van der Waals surface area contributed by atoms with Crippen molar-refractivity contribution in [3.8, 4) is 0 Å². The fourth-order valence-corrected chi connectivity index (χ4v) is 3.26. The standard InChI is InChI=1S/C15H19NO/c17-15(13-4-2-1-3-5-13)16-11-10-12-6-8-14(16)9-7-12/h1-5,12,14H,6-11H2. The van der Waals surface area contributed by atoms with Crippen molar-refractivity contribution in [2.24, 2.45) is 5.92 Å². The Labute approximate surface area is 103 Å². The lowest BCUT2D eigenvalue weighted by atomic mass is 9.86. The van der Waals surface area contributed by atoms with Gasteiger partial charge in [-0.25, -0.2) is 0 Å². The Hall–Kier alpha value is -1.31. The molecule has 0 unspecified atom stereocenters. The summed E-state index contributed by atoms with van der Waals surface area (Å²) in [6.07, 6.45) is 6.27. The van der Waals surface area contributed by atoms with Gasteiger partial charge in [-0.3, -0.25) is 4.79 Å². The van der Waals surface area contributed by atoms with E-state index in [-0.39, 0.29) is 5.91 Å². The Morgan fingerprint density at radius 2 is 1.71 bits per heavy atom. The second-order valence-electron chi connectivity index (χ2n) is 5.33. The fraction of sp³-hybridized carbons (Fsp3) is 0.533. The van der Waals surface area contributed by atoms with E-state index in [0.29, 0.717) is 6.04 Å². The van der Waals surface area contributed by atoms with Gasteiger partial charge in [-0.1, -0.05) is 18.2 Å². The van der Waals surface area contributed by atoms with Gasteiger partial charge < -0.3 is 4.90 Å². The molecule has 2 heterocycles. The number of rotatable bonds is 1. The first-order valence-electron chi connectivity index (χ1n) is 6.70. The molecule has 2 saturated heterocycles. The van der Waals surface area contributed by atoms with Crippen LogP contribution in [0, 0.1) is 5.92 Å². The van der Waals surface area contributed by atoms with Crippen LogP contribution in [0.25, 0.3) is 0 Å². The van der Waals surface area contributed by atoms with Crippen molar-refractivity contribution >= 4 is 5.91 Å². The predicted octanol–water partition coefficient (Wildman–Crippen LogP) is 3.09. The van der Waals surface area contributed by atoms with Crippen molar-refractivity contribution in [3.05, 3.63) is 35.9 Å². The zero-order valence-corrected chi connectivity index (χ0v) is 10.1. The Morgan fingerprint density at radius 1 is 1.00 bits per heavy atom. The van der Waals surface area contributed by atoms with Gasteiger partial charge >= 0.3 is 0 Å². The quantitative estimate of drug-likeness (QED) is 0.724. The third kappa shape index (κ3) is 2.08. The zero-order chi connectivity index (χ0) is 11.7. The van der Waals surface area contributed by atoms with Gasteiger partial charge in [0.05, 0.1) is 0 Å². The molecule has 3 fully saturated rings. The molecule has 0 aromatic heterocycles. The monoisotopic (exact) mass is 229 g/mol. The third-order valence-corrected chi connectivity index (χ3v) is 4.32. The van der Waals surface area contributed by atoms with Crippen LogP contribution in [0.5, 0.6) is 0 Å². The highest BCUT2D eigenvalue weighted by Crippen LogP contribution is 2.34. The Kier molecular flexibility index (Phi) is 2.87. The molecule has 2 nitrogen and oxygen atoms in total. The number of carbonyl (C=O) groups excluding carboxylic acids is 1. The molecule has 17 heavy (non-hydrogen) atoms.